The van der Waals surface area contributed by atoms with E-state index < -0.39 is 0 Å². The van der Waals surface area contributed by atoms with Gasteiger partial charge in [0.05, 0.1) is 5.52 Å². The lowest BCUT2D eigenvalue weighted by Crippen LogP contribution is -1.90. The third-order valence-electron chi connectivity index (χ3n) is 2.90. The zero-order valence-electron chi connectivity index (χ0n) is 8.84. The predicted octanol–water partition coefficient (Wildman–Crippen LogP) is 2.54. The Balaban J connectivity index is 2.57. The smallest absolute Gasteiger partial charge is 0.151 e. The van der Waals surface area contributed by atoms with Crippen LogP contribution < -0.4 is 0 Å². The molecule has 0 spiro atoms. The average molecular weight is 210 g/mol. The summed E-state index contributed by atoms with van der Waals surface area (Å²) in [6.45, 7) is 0. The molecule has 3 heteroatoms. The number of carbonyl (C=O) groups excluding carboxylic acids is 1. The maximum Gasteiger partial charge on any atom is 0.151 e. The van der Waals surface area contributed by atoms with E-state index in [0.29, 0.717) is 5.56 Å². The maximum atomic E-state index is 10.7. The summed E-state index contributed by atoms with van der Waals surface area (Å²) in [4.78, 5) is 15.1. The first-order valence-electron chi connectivity index (χ1n) is 5.09. The third kappa shape index (κ3) is 1.08. The van der Waals surface area contributed by atoms with Crippen molar-refractivity contribution >= 4 is 28.2 Å². The lowest BCUT2D eigenvalue weighted by Gasteiger charge is -1.95. The molecule has 0 amide bonds. The number of aryl methyl sites for hydroxylation is 1. The van der Waals surface area contributed by atoms with Crippen LogP contribution in [0, 0.1) is 0 Å². The van der Waals surface area contributed by atoms with Crippen molar-refractivity contribution < 1.29 is 4.79 Å². The molecule has 2 heterocycles. The molecule has 0 saturated heterocycles. The van der Waals surface area contributed by atoms with Crippen molar-refractivity contribution in [1.82, 2.24) is 9.55 Å². The molecule has 3 nitrogen and oxygen atoms in total. The number of benzene rings is 1. The number of rotatable bonds is 1. The van der Waals surface area contributed by atoms with Gasteiger partial charge in [0.1, 0.15) is 5.65 Å². The Morgan fingerprint density at radius 1 is 1.25 bits per heavy atom. The summed E-state index contributed by atoms with van der Waals surface area (Å²) in [7, 11) is 1.98. The Labute approximate surface area is 92.3 Å². The summed E-state index contributed by atoms with van der Waals surface area (Å²) >= 11 is 0. The molecule has 0 saturated carbocycles. The Morgan fingerprint density at radius 2 is 2.06 bits per heavy atom. The van der Waals surface area contributed by atoms with Gasteiger partial charge in [0.2, 0.25) is 0 Å². The van der Waals surface area contributed by atoms with Gasteiger partial charge in [-0.1, -0.05) is 18.2 Å². The van der Waals surface area contributed by atoms with E-state index in [1.165, 1.54) is 0 Å². The van der Waals surface area contributed by atoms with E-state index in [-0.39, 0.29) is 0 Å². The van der Waals surface area contributed by atoms with Crippen LogP contribution in [0.25, 0.3) is 21.9 Å². The van der Waals surface area contributed by atoms with Gasteiger partial charge in [-0.25, -0.2) is 4.98 Å². The molecule has 3 aromatic rings. The Kier molecular flexibility index (Phi) is 1.80. The molecule has 0 fully saturated rings. The van der Waals surface area contributed by atoms with Crippen molar-refractivity contribution in [2.45, 2.75) is 0 Å². The maximum absolute atomic E-state index is 10.7. The highest BCUT2D eigenvalue weighted by Gasteiger charge is 2.08. The van der Waals surface area contributed by atoms with Crippen LogP contribution in [0.4, 0.5) is 0 Å². The summed E-state index contributed by atoms with van der Waals surface area (Å²) in [5.74, 6) is 0. The number of para-hydroxylation sites is 1. The van der Waals surface area contributed by atoms with E-state index in [1.54, 1.807) is 6.20 Å². The minimum Gasteiger partial charge on any atom is -0.328 e. The zero-order chi connectivity index (χ0) is 11.1. The molecular formula is C13H10N2O. The van der Waals surface area contributed by atoms with Crippen LogP contribution in [-0.4, -0.2) is 15.8 Å². The van der Waals surface area contributed by atoms with Crippen molar-refractivity contribution in [2.75, 3.05) is 0 Å². The van der Waals surface area contributed by atoms with Gasteiger partial charge in [-0.2, -0.15) is 0 Å². The summed E-state index contributed by atoms with van der Waals surface area (Å²) in [6, 6.07) is 9.99. The minimum absolute atomic E-state index is 0.615. The highest BCUT2D eigenvalue weighted by molar-refractivity contribution is 6.07. The number of hydrogen-bond acceptors (Lipinski definition) is 2. The molecule has 0 N–H and O–H groups in total. The Bertz CT molecular complexity index is 698. The highest BCUT2D eigenvalue weighted by atomic mass is 16.1. The molecule has 0 aliphatic carbocycles. The summed E-state index contributed by atoms with van der Waals surface area (Å²) in [5, 5.41) is 2.17. The van der Waals surface area contributed by atoms with Crippen molar-refractivity contribution in [1.29, 1.82) is 0 Å². The van der Waals surface area contributed by atoms with Gasteiger partial charge in [-0.15, -0.1) is 0 Å². The van der Waals surface area contributed by atoms with Crippen LogP contribution in [0.3, 0.4) is 0 Å². The molecule has 0 radical (unpaired) electrons. The summed E-state index contributed by atoms with van der Waals surface area (Å²) < 4.78 is 2.04. The normalized spacial score (nSPS) is 11.1. The second kappa shape index (κ2) is 3.17. The number of carbonyl (C=O) groups is 1. The quantitative estimate of drug-likeness (QED) is 0.578. The van der Waals surface area contributed by atoms with Crippen LogP contribution in [0.15, 0.2) is 36.5 Å². The van der Waals surface area contributed by atoms with E-state index >= 15 is 0 Å². The van der Waals surface area contributed by atoms with Crippen LogP contribution in [-0.2, 0) is 7.05 Å². The van der Waals surface area contributed by atoms with Gasteiger partial charge >= 0.3 is 0 Å². The lowest BCUT2D eigenvalue weighted by atomic mass is 10.1. The molecule has 2 aromatic heterocycles. The number of pyridine rings is 1. The number of aldehydes is 1. The fourth-order valence-corrected chi connectivity index (χ4v) is 2.11. The molecule has 1 aromatic carbocycles. The topological polar surface area (TPSA) is 34.9 Å². The second-order valence-corrected chi connectivity index (χ2v) is 3.83. The molecule has 16 heavy (non-hydrogen) atoms. The predicted molar refractivity (Wildman–Crippen MR) is 63.6 cm³/mol. The van der Waals surface area contributed by atoms with Gasteiger partial charge in [-0.3, -0.25) is 4.79 Å². The summed E-state index contributed by atoms with van der Waals surface area (Å²) in [6.07, 6.45) is 2.43. The van der Waals surface area contributed by atoms with Gasteiger partial charge in [0.25, 0.3) is 0 Å². The van der Waals surface area contributed by atoms with Gasteiger partial charge in [0.15, 0.2) is 6.29 Å². The second-order valence-electron chi connectivity index (χ2n) is 3.83. The molecule has 0 atom stereocenters. The Hall–Kier alpha value is -2.16. The number of aromatic nitrogens is 2. The fourth-order valence-electron chi connectivity index (χ4n) is 2.11. The van der Waals surface area contributed by atoms with E-state index in [9.17, 15) is 4.79 Å². The first kappa shape index (κ1) is 9.09. The fraction of sp³-hybridized carbons (Fsp3) is 0.0769. The van der Waals surface area contributed by atoms with E-state index in [4.69, 9.17) is 0 Å². The van der Waals surface area contributed by atoms with Crippen molar-refractivity contribution in [2.24, 2.45) is 7.05 Å². The number of hydrogen-bond donors (Lipinski definition) is 0. The average Bonchev–Trinajstić information content (AvgIpc) is 2.64. The van der Waals surface area contributed by atoms with Crippen LogP contribution in [0.1, 0.15) is 10.4 Å². The largest absolute Gasteiger partial charge is 0.328 e. The van der Waals surface area contributed by atoms with Crippen LogP contribution in [0.2, 0.25) is 0 Å². The molecule has 3 rings (SSSR count). The molecule has 0 unspecified atom stereocenters. The molecular weight excluding hydrogens is 200 g/mol. The van der Waals surface area contributed by atoms with Crippen molar-refractivity contribution in [3.63, 3.8) is 0 Å². The monoisotopic (exact) mass is 210 g/mol. The molecule has 0 aliphatic rings. The SMILES string of the molecule is Cn1c2ccccc2c2cc(C=O)cnc21. The van der Waals surface area contributed by atoms with Gasteiger partial charge in [0, 0.05) is 29.6 Å². The molecule has 78 valence electrons. The van der Waals surface area contributed by atoms with Crippen LogP contribution >= 0.6 is 0 Å². The van der Waals surface area contributed by atoms with Crippen molar-refractivity contribution in [3.8, 4) is 0 Å². The molecule has 0 bridgehead atoms. The van der Waals surface area contributed by atoms with Gasteiger partial charge in [-0.05, 0) is 12.1 Å². The zero-order valence-corrected chi connectivity index (χ0v) is 8.84. The third-order valence-corrected chi connectivity index (χ3v) is 2.90. The van der Waals surface area contributed by atoms with Crippen LogP contribution in [0.5, 0.6) is 0 Å². The summed E-state index contributed by atoms with van der Waals surface area (Å²) in [5.41, 5.74) is 2.66. The lowest BCUT2D eigenvalue weighted by molar-refractivity contribution is 0.112. The first-order chi connectivity index (χ1) is 7.81. The molecule has 0 aliphatic heterocycles. The van der Waals surface area contributed by atoms with E-state index in [0.717, 1.165) is 28.2 Å². The minimum atomic E-state index is 0.615. The standard InChI is InChI=1S/C13H10N2O/c1-15-12-5-3-2-4-10(12)11-6-9(8-16)7-14-13(11)15/h2-8H,1H3. The van der Waals surface area contributed by atoms with Gasteiger partial charge < -0.3 is 4.57 Å². The van der Waals surface area contributed by atoms with E-state index in [1.807, 2.05) is 35.9 Å². The first-order valence-corrected chi connectivity index (χ1v) is 5.09. The van der Waals surface area contributed by atoms with E-state index in [2.05, 4.69) is 11.1 Å². The Morgan fingerprint density at radius 3 is 2.88 bits per heavy atom. The highest BCUT2D eigenvalue weighted by Crippen LogP contribution is 2.26. The number of nitrogens with zero attached hydrogens (tertiary/aromatic N) is 2. The number of fused-ring (bicyclic) bond motifs is 3. The van der Waals surface area contributed by atoms with Crippen molar-refractivity contribution in [3.05, 3.63) is 42.1 Å².